The van der Waals surface area contributed by atoms with Gasteiger partial charge in [-0.3, -0.25) is 0 Å². The number of hydrogen-bond donors (Lipinski definition) is 0. The van der Waals surface area contributed by atoms with Crippen LogP contribution in [0.5, 0.6) is 0 Å². The van der Waals surface area contributed by atoms with Crippen LogP contribution in [0.15, 0.2) is 24.3 Å². The summed E-state index contributed by atoms with van der Waals surface area (Å²) in [5.41, 5.74) is -1.28. The van der Waals surface area contributed by atoms with Gasteiger partial charge in [-0.2, -0.15) is 13.2 Å². The summed E-state index contributed by atoms with van der Waals surface area (Å²) in [5, 5.41) is 0. The molecule has 0 rings (SSSR count). The Kier molecular flexibility index (Phi) is 9.91. The number of hydrogen-bond acceptors (Lipinski definition) is 6. The standard InChI is InChI=1S/C14H19F3O6/c1-10(2)12(18)22-8-6-20-4-5-21-7-9-23-13(19)11(3)14(15,16)17/h1,3-9H2,2H3. The Labute approximate surface area is 131 Å². The molecule has 0 saturated carbocycles. The Balaban J connectivity index is 3.47. The summed E-state index contributed by atoms with van der Waals surface area (Å²) < 4.78 is 55.4. The van der Waals surface area contributed by atoms with Crippen LogP contribution in [-0.4, -0.2) is 57.8 Å². The summed E-state index contributed by atoms with van der Waals surface area (Å²) in [6, 6.07) is 0. The maximum absolute atomic E-state index is 12.1. The second kappa shape index (κ2) is 10.8. The zero-order valence-corrected chi connectivity index (χ0v) is 12.7. The van der Waals surface area contributed by atoms with Crippen LogP contribution in [0.25, 0.3) is 0 Å². The summed E-state index contributed by atoms with van der Waals surface area (Å²) in [4.78, 5) is 21.9. The highest BCUT2D eigenvalue weighted by Gasteiger charge is 2.37. The van der Waals surface area contributed by atoms with E-state index in [-0.39, 0.29) is 45.2 Å². The minimum absolute atomic E-state index is 0.0723. The minimum atomic E-state index is -4.81. The molecule has 132 valence electrons. The molecule has 0 fully saturated rings. The van der Waals surface area contributed by atoms with Crippen molar-refractivity contribution in [3.05, 3.63) is 24.3 Å². The van der Waals surface area contributed by atoms with Crippen molar-refractivity contribution in [1.82, 2.24) is 0 Å². The van der Waals surface area contributed by atoms with Crippen LogP contribution < -0.4 is 0 Å². The predicted octanol–water partition coefficient (Wildman–Crippen LogP) is 1.80. The lowest BCUT2D eigenvalue weighted by Gasteiger charge is -2.10. The molecule has 0 aromatic carbocycles. The molecule has 6 nitrogen and oxygen atoms in total. The molecule has 0 heterocycles. The van der Waals surface area contributed by atoms with E-state index in [4.69, 9.17) is 14.2 Å². The topological polar surface area (TPSA) is 71.1 Å². The van der Waals surface area contributed by atoms with Crippen LogP contribution >= 0.6 is 0 Å². The molecule has 0 aliphatic carbocycles. The van der Waals surface area contributed by atoms with Crippen molar-refractivity contribution in [2.24, 2.45) is 0 Å². The van der Waals surface area contributed by atoms with Crippen molar-refractivity contribution in [1.29, 1.82) is 0 Å². The first-order chi connectivity index (χ1) is 10.7. The zero-order chi connectivity index (χ0) is 17.9. The number of alkyl halides is 3. The number of carbonyl (C=O) groups is 2. The second-order valence-corrected chi connectivity index (χ2v) is 4.25. The summed E-state index contributed by atoms with van der Waals surface area (Å²) in [6.45, 7) is 7.70. The maximum Gasteiger partial charge on any atom is 0.422 e. The van der Waals surface area contributed by atoms with Crippen molar-refractivity contribution >= 4 is 11.9 Å². The molecule has 0 N–H and O–H groups in total. The third-order valence-corrected chi connectivity index (χ3v) is 2.23. The van der Waals surface area contributed by atoms with Crippen LogP contribution in [0.3, 0.4) is 0 Å². The average molecular weight is 340 g/mol. The molecule has 0 atom stereocenters. The molecule has 0 aliphatic rings. The first-order valence-electron chi connectivity index (χ1n) is 6.57. The van der Waals surface area contributed by atoms with E-state index in [2.05, 4.69) is 17.9 Å². The van der Waals surface area contributed by atoms with Crippen LogP contribution in [0.2, 0.25) is 0 Å². The Morgan fingerprint density at radius 1 is 0.826 bits per heavy atom. The number of esters is 2. The first-order valence-corrected chi connectivity index (χ1v) is 6.57. The Morgan fingerprint density at radius 3 is 1.61 bits per heavy atom. The van der Waals surface area contributed by atoms with Crippen molar-refractivity contribution in [3.8, 4) is 0 Å². The average Bonchev–Trinajstić information content (AvgIpc) is 2.46. The highest BCUT2D eigenvalue weighted by atomic mass is 19.4. The van der Waals surface area contributed by atoms with Gasteiger partial charge >= 0.3 is 18.1 Å². The predicted molar refractivity (Wildman–Crippen MR) is 73.6 cm³/mol. The fraction of sp³-hybridized carbons (Fsp3) is 0.571. The van der Waals surface area contributed by atoms with Crippen LogP contribution in [-0.2, 0) is 28.5 Å². The van der Waals surface area contributed by atoms with Gasteiger partial charge in [-0.25, -0.2) is 9.59 Å². The van der Waals surface area contributed by atoms with Crippen LogP contribution in [0, 0.1) is 0 Å². The fourth-order valence-electron chi connectivity index (χ4n) is 1.03. The van der Waals surface area contributed by atoms with Gasteiger partial charge in [0, 0.05) is 5.57 Å². The van der Waals surface area contributed by atoms with E-state index in [1.165, 1.54) is 6.92 Å². The fourth-order valence-corrected chi connectivity index (χ4v) is 1.03. The molecular weight excluding hydrogens is 321 g/mol. The van der Waals surface area contributed by atoms with Gasteiger partial charge < -0.3 is 18.9 Å². The highest BCUT2D eigenvalue weighted by molar-refractivity contribution is 5.89. The van der Waals surface area contributed by atoms with E-state index in [1.54, 1.807) is 0 Å². The molecule has 0 spiro atoms. The summed E-state index contributed by atoms with van der Waals surface area (Å²) in [7, 11) is 0. The van der Waals surface area contributed by atoms with Gasteiger partial charge in [0.25, 0.3) is 0 Å². The van der Waals surface area contributed by atoms with Gasteiger partial charge in [-0.05, 0) is 6.92 Å². The summed E-state index contributed by atoms with van der Waals surface area (Å²) in [5.74, 6) is -2.04. The lowest BCUT2D eigenvalue weighted by Crippen LogP contribution is -2.22. The highest BCUT2D eigenvalue weighted by Crippen LogP contribution is 2.24. The second-order valence-electron chi connectivity index (χ2n) is 4.25. The van der Waals surface area contributed by atoms with Crippen molar-refractivity contribution in [2.45, 2.75) is 13.1 Å². The number of carbonyl (C=O) groups excluding carboxylic acids is 2. The molecule has 0 aliphatic heterocycles. The molecule has 0 radical (unpaired) electrons. The lowest BCUT2D eigenvalue weighted by atomic mass is 10.3. The van der Waals surface area contributed by atoms with Crippen molar-refractivity contribution < 1.29 is 41.7 Å². The largest absolute Gasteiger partial charge is 0.460 e. The SMILES string of the molecule is C=C(C)C(=O)OCCOCCOCCOC(=O)C(=C)C(F)(F)F. The Hall–Kier alpha value is -1.87. The Bertz CT molecular complexity index is 431. The smallest absolute Gasteiger partial charge is 0.422 e. The normalized spacial score (nSPS) is 11.0. The van der Waals surface area contributed by atoms with Gasteiger partial charge in [0.15, 0.2) is 0 Å². The van der Waals surface area contributed by atoms with Gasteiger partial charge in [0.05, 0.1) is 26.4 Å². The van der Waals surface area contributed by atoms with E-state index in [9.17, 15) is 22.8 Å². The first kappa shape index (κ1) is 21.1. The van der Waals surface area contributed by atoms with E-state index in [0.29, 0.717) is 0 Å². The molecule has 0 saturated heterocycles. The summed E-state index contributed by atoms with van der Waals surface area (Å²) >= 11 is 0. The van der Waals surface area contributed by atoms with Gasteiger partial charge in [0.2, 0.25) is 0 Å². The molecular formula is C14H19F3O6. The van der Waals surface area contributed by atoms with Crippen LogP contribution in [0.4, 0.5) is 13.2 Å². The van der Waals surface area contributed by atoms with Crippen molar-refractivity contribution in [2.75, 3.05) is 39.6 Å². The monoisotopic (exact) mass is 340 g/mol. The molecule has 0 aromatic heterocycles. The minimum Gasteiger partial charge on any atom is -0.460 e. The van der Waals surface area contributed by atoms with E-state index >= 15 is 0 Å². The number of rotatable bonds is 11. The van der Waals surface area contributed by atoms with E-state index in [1.807, 2.05) is 0 Å². The maximum atomic E-state index is 12.1. The Morgan fingerprint density at radius 2 is 1.22 bits per heavy atom. The van der Waals surface area contributed by atoms with E-state index in [0.717, 1.165) is 0 Å². The van der Waals surface area contributed by atoms with Gasteiger partial charge in [-0.15, -0.1) is 0 Å². The van der Waals surface area contributed by atoms with E-state index < -0.39 is 23.7 Å². The zero-order valence-electron chi connectivity index (χ0n) is 12.7. The number of halogens is 3. The molecule has 0 bridgehead atoms. The van der Waals surface area contributed by atoms with Gasteiger partial charge in [0.1, 0.15) is 18.8 Å². The quantitative estimate of drug-likeness (QED) is 0.324. The lowest BCUT2D eigenvalue weighted by molar-refractivity contribution is -0.152. The molecule has 0 amide bonds. The third kappa shape index (κ3) is 10.5. The van der Waals surface area contributed by atoms with Gasteiger partial charge in [-0.1, -0.05) is 13.2 Å². The number of ether oxygens (including phenoxy) is 4. The van der Waals surface area contributed by atoms with Crippen molar-refractivity contribution in [3.63, 3.8) is 0 Å². The van der Waals surface area contributed by atoms with Crippen LogP contribution in [0.1, 0.15) is 6.92 Å². The molecule has 9 heteroatoms. The molecule has 0 aromatic rings. The molecule has 23 heavy (non-hydrogen) atoms. The third-order valence-electron chi connectivity index (χ3n) is 2.23. The molecule has 0 unspecified atom stereocenters. The summed E-state index contributed by atoms with van der Waals surface area (Å²) in [6.07, 6.45) is -4.81.